The minimum absolute atomic E-state index is 0.0691. The van der Waals surface area contributed by atoms with Gasteiger partial charge >= 0.3 is 12.0 Å². The van der Waals surface area contributed by atoms with Gasteiger partial charge in [0.25, 0.3) is 5.89 Å². The molecule has 8 rings (SSSR count). The maximum absolute atomic E-state index is 15.5. The number of urea groups is 1. The molecule has 3 aromatic heterocycles. The number of piperazine rings is 1. The van der Waals surface area contributed by atoms with Crippen LogP contribution >= 0.6 is 11.6 Å². The lowest BCUT2D eigenvalue weighted by atomic mass is 10.1. The van der Waals surface area contributed by atoms with E-state index in [1.807, 2.05) is 16.5 Å². The zero-order valence-electron chi connectivity index (χ0n) is 25.2. The van der Waals surface area contributed by atoms with Gasteiger partial charge in [-0.05, 0) is 57.0 Å². The summed E-state index contributed by atoms with van der Waals surface area (Å²) in [5, 5.41) is 12.9. The minimum Gasteiger partial charge on any atom is -0.403 e. The number of nitrogens with zero attached hydrogens (tertiary/aromatic N) is 6. The second-order valence-corrected chi connectivity index (χ2v) is 12.8. The molecule has 47 heavy (non-hydrogen) atoms. The van der Waals surface area contributed by atoms with Gasteiger partial charge in [-0.25, -0.2) is 13.6 Å². The van der Waals surface area contributed by atoms with Gasteiger partial charge in [0.2, 0.25) is 10.9 Å². The Morgan fingerprint density at radius 3 is 2.19 bits per heavy atom. The summed E-state index contributed by atoms with van der Waals surface area (Å²) in [7, 11) is 2.03. The summed E-state index contributed by atoms with van der Waals surface area (Å²) in [5.74, 6) is -1.38. The molecule has 2 aliphatic carbocycles. The molecule has 0 atom stereocenters. The van der Waals surface area contributed by atoms with Crippen molar-refractivity contribution in [2.75, 3.05) is 48.8 Å². The summed E-state index contributed by atoms with van der Waals surface area (Å²) < 4.78 is 39.1. The van der Waals surface area contributed by atoms with Crippen LogP contribution in [0.5, 0.6) is 0 Å². The number of hydrogen-bond donors (Lipinski definition) is 2. The number of hydrogen-bond acceptors (Lipinski definition) is 8. The molecule has 12 nitrogen and oxygen atoms in total. The van der Waals surface area contributed by atoms with Crippen LogP contribution in [-0.2, 0) is 0 Å². The van der Waals surface area contributed by atoms with Gasteiger partial charge in [-0.3, -0.25) is 14.9 Å². The van der Waals surface area contributed by atoms with Crippen LogP contribution in [0.2, 0.25) is 5.02 Å². The van der Waals surface area contributed by atoms with Crippen LogP contribution in [0.15, 0.2) is 50.7 Å². The highest BCUT2D eigenvalue weighted by Crippen LogP contribution is 2.40. The van der Waals surface area contributed by atoms with Gasteiger partial charge in [0.15, 0.2) is 0 Å². The molecular weight excluding hydrogens is 634 g/mol. The van der Waals surface area contributed by atoms with E-state index in [0.29, 0.717) is 29.8 Å². The molecule has 5 aromatic rings. The highest BCUT2D eigenvalue weighted by Gasteiger charge is 2.29. The first-order valence-corrected chi connectivity index (χ1v) is 15.8. The molecule has 0 bridgehead atoms. The first-order chi connectivity index (χ1) is 22.6. The fraction of sp³-hybridized carbons (Fsp3) is 0.344. The summed E-state index contributed by atoms with van der Waals surface area (Å²) in [6.07, 6.45) is 6.69. The lowest BCUT2D eigenvalue weighted by molar-refractivity contribution is 0.261. The van der Waals surface area contributed by atoms with Crippen LogP contribution in [0, 0.1) is 11.6 Å². The monoisotopic (exact) mass is 662 g/mol. The number of anilines is 3. The Bertz CT molecular complexity index is 2220. The molecular formula is C32H29ClF2N8O4. The fourth-order valence-electron chi connectivity index (χ4n) is 6.18. The van der Waals surface area contributed by atoms with Gasteiger partial charge in [0, 0.05) is 56.0 Å². The number of benzene rings is 2. The Hall–Kier alpha value is -4.82. The molecule has 2 aromatic carbocycles. The van der Waals surface area contributed by atoms with Gasteiger partial charge in [-0.1, -0.05) is 16.7 Å². The van der Waals surface area contributed by atoms with Crippen molar-refractivity contribution >= 4 is 56.8 Å². The molecule has 2 amide bonds. The molecule has 1 aliphatic heterocycles. The number of carbonyl (C=O) groups excluding carboxylic acids is 1. The quantitative estimate of drug-likeness (QED) is 0.249. The van der Waals surface area contributed by atoms with Crippen molar-refractivity contribution in [3.05, 3.63) is 73.8 Å². The number of halogens is 3. The highest BCUT2D eigenvalue weighted by atomic mass is 35.5. The van der Waals surface area contributed by atoms with E-state index in [1.54, 1.807) is 16.8 Å². The number of nitrogens with one attached hydrogen (secondary N) is 2. The molecule has 3 fully saturated rings. The SMILES string of the molecule is CN1CCN(c2cc3c(cc2F)c(=O)c(-c2nnc(NC(=O)Nc4cn(C5CC5)c5cc(Cl)c(F)cc5c4=O)o2)cn3C2CC2)CC1. The van der Waals surface area contributed by atoms with E-state index in [1.165, 1.54) is 18.3 Å². The molecule has 0 unspecified atom stereocenters. The highest BCUT2D eigenvalue weighted by molar-refractivity contribution is 6.31. The van der Waals surface area contributed by atoms with E-state index in [-0.39, 0.29) is 51.0 Å². The standard InChI is InChI=1S/C32H29ClF2N8O4/c1-40-6-8-41(9-7-40)27-13-26-18(11-23(27)35)28(44)20(14-42(26)16-2-3-16)30-38-39-32(47-30)37-31(46)36-24-15-43(17-4-5-17)25-12-21(33)22(34)10-19(25)29(24)45/h10-17H,2-9H2,1H3,(H2,36,37,39,46). The van der Waals surface area contributed by atoms with Crippen LogP contribution in [0.1, 0.15) is 37.8 Å². The maximum Gasteiger partial charge on any atom is 0.327 e. The average molecular weight is 663 g/mol. The van der Waals surface area contributed by atoms with Crippen LogP contribution in [-0.4, -0.2) is 63.5 Å². The van der Waals surface area contributed by atoms with Gasteiger partial charge in [0.05, 0.1) is 27.1 Å². The Balaban J connectivity index is 1.08. The summed E-state index contributed by atoms with van der Waals surface area (Å²) in [4.78, 5) is 43.9. The molecule has 1 saturated heterocycles. The normalized spacial score (nSPS) is 17.1. The Kier molecular flexibility index (Phi) is 7.02. The average Bonchev–Trinajstić information content (AvgIpc) is 3.99. The smallest absolute Gasteiger partial charge is 0.327 e. The third kappa shape index (κ3) is 5.40. The van der Waals surface area contributed by atoms with E-state index in [9.17, 15) is 18.8 Å². The number of likely N-dealkylation sites (N-methyl/N-ethyl adjacent to an activating group) is 1. The second kappa shape index (κ2) is 11.2. The summed E-state index contributed by atoms with van der Waals surface area (Å²) >= 11 is 5.98. The van der Waals surface area contributed by atoms with Crippen molar-refractivity contribution < 1.29 is 18.0 Å². The van der Waals surface area contributed by atoms with E-state index in [4.69, 9.17) is 16.0 Å². The Morgan fingerprint density at radius 1 is 0.851 bits per heavy atom. The first kappa shape index (κ1) is 29.6. The summed E-state index contributed by atoms with van der Waals surface area (Å²) in [6, 6.07) is 4.53. The zero-order chi connectivity index (χ0) is 32.6. The van der Waals surface area contributed by atoms with Gasteiger partial charge in [0.1, 0.15) is 22.9 Å². The minimum atomic E-state index is -0.860. The largest absolute Gasteiger partial charge is 0.403 e. The number of pyridine rings is 2. The van der Waals surface area contributed by atoms with Gasteiger partial charge in [-0.2, -0.15) is 0 Å². The molecule has 15 heteroatoms. The third-order valence-electron chi connectivity index (χ3n) is 9.02. The van der Waals surface area contributed by atoms with Gasteiger partial charge < -0.3 is 28.7 Å². The van der Waals surface area contributed by atoms with Crippen molar-refractivity contribution in [2.24, 2.45) is 0 Å². The first-order valence-electron chi connectivity index (χ1n) is 15.4. The van der Waals surface area contributed by atoms with Crippen LogP contribution in [0.3, 0.4) is 0 Å². The van der Waals surface area contributed by atoms with Crippen molar-refractivity contribution in [1.29, 1.82) is 0 Å². The molecule has 3 aliphatic rings. The summed E-state index contributed by atoms with van der Waals surface area (Å²) in [6.45, 7) is 2.99. The number of amides is 2. The Morgan fingerprint density at radius 2 is 1.49 bits per heavy atom. The van der Waals surface area contributed by atoms with Crippen molar-refractivity contribution in [3.8, 4) is 11.5 Å². The van der Waals surface area contributed by atoms with E-state index >= 15 is 4.39 Å². The second-order valence-electron chi connectivity index (χ2n) is 12.4. The number of carbonyl (C=O) groups is 1. The predicted molar refractivity (Wildman–Crippen MR) is 174 cm³/mol. The molecule has 2 N–H and O–H groups in total. The lowest BCUT2D eigenvalue weighted by Crippen LogP contribution is -2.44. The van der Waals surface area contributed by atoms with Crippen LogP contribution in [0.25, 0.3) is 33.3 Å². The summed E-state index contributed by atoms with van der Waals surface area (Å²) in [5.41, 5.74) is 0.481. The molecule has 242 valence electrons. The van der Waals surface area contributed by atoms with Crippen LogP contribution < -0.4 is 26.4 Å². The number of rotatable bonds is 6. The molecule has 0 radical (unpaired) electrons. The van der Waals surface area contributed by atoms with Crippen molar-refractivity contribution in [2.45, 2.75) is 37.8 Å². The van der Waals surface area contributed by atoms with Crippen molar-refractivity contribution in [3.63, 3.8) is 0 Å². The van der Waals surface area contributed by atoms with Gasteiger partial charge in [-0.15, -0.1) is 5.10 Å². The maximum atomic E-state index is 15.5. The zero-order valence-corrected chi connectivity index (χ0v) is 26.0. The number of aromatic nitrogens is 4. The van der Waals surface area contributed by atoms with E-state index in [0.717, 1.165) is 44.8 Å². The fourth-order valence-corrected chi connectivity index (χ4v) is 6.33. The van der Waals surface area contributed by atoms with E-state index < -0.39 is 28.5 Å². The molecule has 2 saturated carbocycles. The predicted octanol–water partition coefficient (Wildman–Crippen LogP) is 5.36. The third-order valence-corrected chi connectivity index (χ3v) is 9.31. The van der Waals surface area contributed by atoms with Crippen molar-refractivity contribution in [1.82, 2.24) is 24.2 Å². The Labute approximate surface area is 270 Å². The number of fused-ring (bicyclic) bond motifs is 2. The lowest BCUT2D eigenvalue weighted by Gasteiger charge is -2.34. The molecule has 0 spiro atoms. The molecule has 4 heterocycles. The topological polar surface area (TPSA) is 131 Å². The van der Waals surface area contributed by atoms with E-state index in [2.05, 4.69) is 25.7 Å². The van der Waals surface area contributed by atoms with Crippen LogP contribution in [0.4, 0.5) is 31.0 Å².